The van der Waals surface area contributed by atoms with Crippen LogP contribution in [0, 0.1) is 11.3 Å². The highest BCUT2D eigenvalue weighted by atomic mass is 35.5. The zero-order valence-electron chi connectivity index (χ0n) is 12.1. The number of nitrogens with zero attached hydrogens (tertiary/aromatic N) is 1. The largest absolute Gasteiger partial charge is 0.496 e. The number of hydrogen-bond acceptors (Lipinski definition) is 3. The second-order valence-corrected chi connectivity index (χ2v) is 5.25. The second kappa shape index (κ2) is 7.68. The van der Waals surface area contributed by atoms with Crippen molar-refractivity contribution in [2.45, 2.75) is 0 Å². The number of halogens is 2. The molecule has 0 aliphatic heterocycles. The number of nitrogens with one attached hydrogen (secondary N) is 1. The summed E-state index contributed by atoms with van der Waals surface area (Å²) in [7, 11) is 1.52. The highest BCUT2D eigenvalue weighted by Crippen LogP contribution is 2.30. The van der Waals surface area contributed by atoms with Crippen LogP contribution in [-0.4, -0.2) is 13.0 Å². The molecule has 0 aromatic heterocycles. The van der Waals surface area contributed by atoms with Crippen LogP contribution in [0.2, 0.25) is 10.0 Å². The van der Waals surface area contributed by atoms with Crippen LogP contribution in [0.5, 0.6) is 5.75 Å². The topological polar surface area (TPSA) is 62.1 Å². The van der Waals surface area contributed by atoms with E-state index in [9.17, 15) is 10.1 Å². The summed E-state index contributed by atoms with van der Waals surface area (Å²) >= 11 is 11.9. The number of methoxy groups -OCH3 is 1. The zero-order chi connectivity index (χ0) is 16.8. The Labute approximate surface area is 143 Å². The van der Waals surface area contributed by atoms with Gasteiger partial charge in [0.05, 0.1) is 22.8 Å². The minimum Gasteiger partial charge on any atom is -0.496 e. The van der Waals surface area contributed by atoms with Gasteiger partial charge in [-0.2, -0.15) is 5.26 Å². The molecule has 2 rings (SSSR count). The molecule has 1 amide bonds. The van der Waals surface area contributed by atoms with Crippen LogP contribution < -0.4 is 10.1 Å². The predicted octanol–water partition coefficient (Wildman–Crippen LogP) is 4.55. The lowest BCUT2D eigenvalue weighted by Gasteiger charge is -2.08. The summed E-state index contributed by atoms with van der Waals surface area (Å²) < 4.78 is 5.20. The first-order valence-corrected chi connectivity index (χ1v) is 7.32. The van der Waals surface area contributed by atoms with E-state index < -0.39 is 5.91 Å². The van der Waals surface area contributed by atoms with E-state index in [0.717, 1.165) is 0 Å². The molecule has 0 aliphatic carbocycles. The van der Waals surface area contributed by atoms with Gasteiger partial charge in [0, 0.05) is 5.56 Å². The Hall–Kier alpha value is -2.48. The van der Waals surface area contributed by atoms with Gasteiger partial charge in [-0.25, -0.2) is 0 Å². The molecule has 116 valence electrons. The molecule has 0 bridgehead atoms. The number of rotatable bonds is 4. The van der Waals surface area contributed by atoms with Crippen molar-refractivity contribution in [3.05, 3.63) is 63.6 Å². The Balaban J connectivity index is 2.31. The summed E-state index contributed by atoms with van der Waals surface area (Å²) in [5.74, 6) is -0.0172. The third-order valence-electron chi connectivity index (χ3n) is 3.00. The molecule has 0 radical (unpaired) electrons. The number of nitriles is 1. The smallest absolute Gasteiger partial charge is 0.266 e. The average Bonchev–Trinajstić information content (AvgIpc) is 2.57. The monoisotopic (exact) mass is 346 g/mol. The number of carbonyl (C=O) groups excluding carboxylic acids is 1. The van der Waals surface area contributed by atoms with Gasteiger partial charge in [0.1, 0.15) is 17.4 Å². The lowest BCUT2D eigenvalue weighted by molar-refractivity contribution is -0.112. The van der Waals surface area contributed by atoms with E-state index in [-0.39, 0.29) is 10.6 Å². The highest BCUT2D eigenvalue weighted by Gasteiger charge is 2.13. The Kier molecular flexibility index (Phi) is 5.64. The number of anilines is 1. The maximum Gasteiger partial charge on any atom is 0.266 e. The molecule has 2 aromatic rings. The van der Waals surface area contributed by atoms with Crippen molar-refractivity contribution in [2.75, 3.05) is 12.4 Å². The number of hydrogen-bond donors (Lipinski definition) is 1. The van der Waals surface area contributed by atoms with Gasteiger partial charge in [0.25, 0.3) is 5.91 Å². The Morgan fingerprint density at radius 1 is 1.22 bits per heavy atom. The molecule has 0 atom stereocenters. The minimum atomic E-state index is -0.581. The van der Waals surface area contributed by atoms with Gasteiger partial charge < -0.3 is 10.1 Å². The molecular weight excluding hydrogens is 335 g/mol. The van der Waals surface area contributed by atoms with E-state index in [1.807, 2.05) is 6.07 Å². The molecule has 2 aromatic carbocycles. The van der Waals surface area contributed by atoms with Crippen molar-refractivity contribution in [3.8, 4) is 11.8 Å². The van der Waals surface area contributed by atoms with Crippen molar-refractivity contribution < 1.29 is 9.53 Å². The van der Waals surface area contributed by atoms with Crippen molar-refractivity contribution in [1.82, 2.24) is 0 Å². The Morgan fingerprint density at radius 2 is 1.96 bits per heavy atom. The van der Waals surface area contributed by atoms with E-state index in [1.54, 1.807) is 42.5 Å². The molecule has 4 nitrogen and oxygen atoms in total. The Bertz CT molecular complexity index is 810. The lowest BCUT2D eigenvalue weighted by atomic mass is 10.1. The SMILES string of the molecule is COc1ccccc1/C=C(/C#N)C(=O)Nc1cccc(Cl)c1Cl. The standard InChI is InChI=1S/C17H12Cl2N2O2/c1-23-15-8-3-2-5-11(15)9-12(10-20)17(22)21-14-7-4-6-13(18)16(14)19/h2-9H,1H3,(H,21,22)/b12-9-. The summed E-state index contributed by atoms with van der Waals surface area (Å²) in [6.45, 7) is 0. The van der Waals surface area contributed by atoms with E-state index in [0.29, 0.717) is 22.0 Å². The summed E-state index contributed by atoms with van der Waals surface area (Å²) in [4.78, 5) is 12.3. The van der Waals surface area contributed by atoms with Crippen LogP contribution in [0.4, 0.5) is 5.69 Å². The molecular formula is C17H12Cl2N2O2. The van der Waals surface area contributed by atoms with Gasteiger partial charge in [0.2, 0.25) is 0 Å². The predicted molar refractivity (Wildman–Crippen MR) is 91.7 cm³/mol. The van der Waals surface area contributed by atoms with Crippen LogP contribution in [0.1, 0.15) is 5.56 Å². The molecule has 1 N–H and O–H groups in total. The zero-order valence-corrected chi connectivity index (χ0v) is 13.7. The van der Waals surface area contributed by atoms with E-state index in [1.165, 1.54) is 13.2 Å². The fraction of sp³-hybridized carbons (Fsp3) is 0.0588. The lowest BCUT2D eigenvalue weighted by Crippen LogP contribution is -2.13. The van der Waals surface area contributed by atoms with Gasteiger partial charge in [-0.1, -0.05) is 47.5 Å². The number of carbonyl (C=O) groups is 1. The summed E-state index contributed by atoms with van der Waals surface area (Å²) in [5.41, 5.74) is 0.884. The highest BCUT2D eigenvalue weighted by molar-refractivity contribution is 6.44. The van der Waals surface area contributed by atoms with Crippen molar-refractivity contribution in [3.63, 3.8) is 0 Å². The molecule has 0 unspecified atom stereocenters. The van der Waals surface area contributed by atoms with Crippen LogP contribution in [0.25, 0.3) is 6.08 Å². The minimum absolute atomic E-state index is 0.0782. The average molecular weight is 347 g/mol. The molecule has 0 spiro atoms. The first-order valence-electron chi connectivity index (χ1n) is 6.57. The first-order chi connectivity index (χ1) is 11.1. The van der Waals surface area contributed by atoms with Crippen LogP contribution >= 0.6 is 23.2 Å². The third kappa shape index (κ3) is 4.04. The fourth-order valence-corrected chi connectivity index (χ4v) is 2.23. The van der Waals surface area contributed by atoms with Gasteiger partial charge in [-0.15, -0.1) is 0 Å². The second-order valence-electron chi connectivity index (χ2n) is 4.47. The van der Waals surface area contributed by atoms with Crippen LogP contribution in [0.3, 0.4) is 0 Å². The molecule has 0 saturated heterocycles. The molecule has 23 heavy (non-hydrogen) atoms. The van der Waals surface area contributed by atoms with E-state index >= 15 is 0 Å². The third-order valence-corrected chi connectivity index (χ3v) is 3.82. The number of benzene rings is 2. The normalized spacial score (nSPS) is 10.8. The van der Waals surface area contributed by atoms with Crippen LogP contribution in [0.15, 0.2) is 48.0 Å². The summed E-state index contributed by atoms with van der Waals surface area (Å²) in [5, 5.41) is 12.4. The Morgan fingerprint density at radius 3 is 2.65 bits per heavy atom. The van der Waals surface area contributed by atoms with Crippen molar-refractivity contribution in [1.29, 1.82) is 5.26 Å². The molecule has 0 saturated carbocycles. The summed E-state index contributed by atoms with van der Waals surface area (Å²) in [6, 6.07) is 13.8. The van der Waals surface area contributed by atoms with Crippen molar-refractivity contribution in [2.24, 2.45) is 0 Å². The number of amides is 1. The van der Waals surface area contributed by atoms with Gasteiger partial charge >= 0.3 is 0 Å². The molecule has 0 fully saturated rings. The summed E-state index contributed by atoms with van der Waals surface area (Å²) in [6.07, 6.45) is 1.45. The van der Waals surface area contributed by atoms with Gasteiger partial charge in [-0.05, 0) is 24.3 Å². The fourth-order valence-electron chi connectivity index (χ4n) is 1.88. The van der Waals surface area contributed by atoms with E-state index in [4.69, 9.17) is 27.9 Å². The molecule has 0 heterocycles. The number of ether oxygens (including phenoxy) is 1. The molecule has 6 heteroatoms. The number of para-hydroxylation sites is 1. The maximum atomic E-state index is 12.3. The van der Waals surface area contributed by atoms with Crippen LogP contribution in [-0.2, 0) is 4.79 Å². The molecule has 0 aliphatic rings. The first kappa shape index (κ1) is 16.9. The van der Waals surface area contributed by atoms with Crippen molar-refractivity contribution >= 4 is 40.9 Å². The maximum absolute atomic E-state index is 12.3. The quantitative estimate of drug-likeness (QED) is 0.652. The van der Waals surface area contributed by atoms with E-state index in [2.05, 4.69) is 5.32 Å². The van der Waals surface area contributed by atoms with Gasteiger partial charge in [0.15, 0.2) is 0 Å². The van der Waals surface area contributed by atoms with Gasteiger partial charge in [-0.3, -0.25) is 4.79 Å².